The maximum atomic E-state index is 12.4. The molecule has 1 unspecified atom stereocenters. The Kier molecular flexibility index (Phi) is 6.03. The van der Waals surface area contributed by atoms with E-state index in [2.05, 4.69) is 6.07 Å². The Balaban J connectivity index is 1.90. The standard InChI is InChI=1S/C23H19NO4/c1-2-27-22(25)19(12-16-8-10-17(15-24)11-9-16)13-20-14-21(28-23(20)26)18-6-4-3-5-7-18/h3-13,21H,2,14H2,1H3/b19-12+,20-13-. The molecule has 0 aliphatic carbocycles. The third kappa shape index (κ3) is 4.54. The molecule has 0 spiro atoms. The fourth-order valence-corrected chi connectivity index (χ4v) is 2.90. The van der Waals surface area contributed by atoms with Crippen molar-refractivity contribution in [2.75, 3.05) is 6.61 Å². The van der Waals surface area contributed by atoms with Gasteiger partial charge in [0.25, 0.3) is 0 Å². The highest BCUT2D eigenvalue weighted by Crippen LogP contribution is 2.33. The summed E-state index contributed by atoms with van der Waals surface area (Å²) in [5.74, 6) is -0.959. The van der Waals surface area contributed by atoms with Crippen LogP contribution in [0.3, 0.4) is 0 Å². The smallest absolute Gasteiger partial charge is 0.338 e. The minimum atomic E-state index is -0.518. The van der Waals surface area contributed by atoms with Gasteiger partial charge < -0.3 is 9.47 Å². The quantitative estimate of drug-likeness (QED) is 0.582. The Morgan fingerprint density at radius 3 is 2.57 bits per heavy atom. The van der Waals surface area contributed by atoms with E-state index in [0.717, 1.165) is 11.1 Å². The SMILES string of the molecule is CCOC(=O)C(/C=C1/CC(c2ccccc2)OC1=O)=C/c1ccc(C#N)cc1. The van der Waals surface area contributed by atoms with Gasteiger partial charge in [0.2, 0.25) is 0 Å². The number of benzene rings is 2. The third-order valence-corrected chi connectivity index (χ3v) is 4.29. The molecule has 0 N–H and O–H groups in total. The molecule has 3 rings (SSSR count). The zero-order chi connectivity index (χ0) is 19.9. The van der Waals surface area contributed by atoms with Gasteiger partial charge in [0.05, 0.1) is 23.8 Å². The molecule has 28 heavy (non-hydrogen) atoms. The lowest BCUT2D eigenvalue weighted by molar-refractivity contribution is -0.139. The van der Waals surface area contributed by atoms with Gasteiger partial charge in [-0.05, 0) is 42.3 Å². The van der Waals surface area contributed by atoms with E-state index in [9.17, 15) is 9.59 Å². The number of hydrogen-bond acceptors (Lipinski definition) is 5. The van der Waals surface area contributed by atoms with Crippen molar-refractivity contribution in [1.82, 2.24) is 0 Å². The average molecular weight is 373 g/mol. The van der Waals surface area contributed by atoms with E-state index < -0.39 is 11.9 Å². The number of nitrogens with zero attached hydrogens (tertiary/aromatic N) is 1. The molecule has 2 aromatic rings. The van der Waals surface area contributed by atoms with Crippen molar-refractivity contribution in [3.05, 3.63) is 88.5 Å². The van der Waals surface area contributed by atoms with Crippen molar-refractivity contribution in [2.24, 2.45) is 0 Å². The van der Waals surface area contributed by atoms with Crippen molar-refractivity contribution < 1.29 is 19.1 Å². The zero-order valence-corrected chi connectivity index (χ0v) is 15.4. The lowest BCUT2D eigenvalue weighted by Crippen LogP contribution is -2.07. The van der Waals surface area contributed by atoms with Gasteiger partial charge in [-0.3, -0.25) is 0 Å². The number of esters is 2. The van der Waals surface area contributed by atoms with E-state index >= 15 is 0 Å². The summed E-state index contributed by atoms with van der Waals surface area (Å²) < 4.78 is 10.6. The number of rotatable bonds is 5. The molecule has 2 aromatic carbocycles. The number of ether oxygens (including phenoxy) is 2. The van der Waals surface area contributed by atoms with Crippen LogP contribution in [-0.4, -0.2) is 18.5 Å². The molecule has 5 nitrogen and oxygen atoms in total. The van der Waals surface area contributed by atoms with Crippen molar-refractivity contribution >= 4 is 18.0 Å². The fourth-order valence-electron chi connectivity index (χ4n) is 2.90. The van der Waals surface area contributed by atoms with Crippen molar-refractivity contribution in [3.63, 3.8) is 0 Å². The number of nitriles is 1. The van der Waals surface area contributed by atoms with Crippen molar-refractivity contribution in [2.45, 2.75) is 19.4 Å². The molecule has 1 heterocycles. The summed E-state index contributed by atoms with van der Waals surface area (Å²) in [4.78, 5) is 24.7. The van der Waals surface area contributed by atoms with Crippen LogP contribution in [0, 0.1) is 11.3 Å². The molecular weight excluding hydrogens is 354 g/mol. The van der Waals surface area contributed by atoms with Gasteiger partial charge in [-0.15, -0.1) is 0 Å². The Hall–Kier alpha value is -3.65. The minimum Gasteiger partial charge on any atom is -0.462 e. The van der Waals surface area contributed by atoms with Crippen LogP contribution in [-0.2, 0) is 19.1 Å². The maximum Gasteiger partial charge on any atom is 0.338 e. The molecule has 0 amide bonds. The predicted molar refractivity (Wildman–Crippen MR) is 104 cm³/mol. The highest BCUT2D eigenvalue weighted by molar-refractivity contribution is 6.00. The second-order valence-corrected chi connectivity index (χ2v) is 6.23. The van der Waals surface area contributed by atoms with Crippen LogP contribution in [0.25, 0.3) is 6.08 Å². The Morgan fingerprint density at radius 2 is 1.93 bits per heavy atom. The first-order chi connectivity index (χ1) is 13.6. The first kappa shape index (κ1) is 19.1. The number of hydrogen-bond donors (Lipinski definition) is 0. The molecule has 140 valence electrons. The Bertz CT molecular complexity index is 966. The van der Waals surface area contributed by atoms with Gasteiger partial charge in [-0.2, -0.15) is 5.26 Å². The first-order valence-corrected chi connectivity index (χ1v) is 8.96. The molecule has 0 radical (unpaired) electrons. The molecule has 1 aliphatic heterocycles. The molecule has 1 fully saturated rings. The summed E-state index contributed by atoms with van der Waals surface area (Å²) in [5, 5.41) is 8.91. The van der Waals surface area contributed by atoms with Crippen LogP contribution in [0.4, 0.5) is 0 Å². The molecule has 1 atom stereocenters. The van der Waals surface area contributed by atoms with E-state index in [1.165, 1.54) is 6.08 Å². The topological polar surface area (TPSA) is 76.4 Å². The average Bonchev–Trinajstić information content (AvgIpc) is 3.09. The van der Waals surface area contributed by atoms with Gasteiger partial charge in [0, 0.05) is 12.0 Å². The van der Waals surface area contributed by atoms with Crippen molar-refractivity contribution in [1.29, 1.82) is 5.26 Å². The zero-order valence-electron chi connectivity index (χ0n) is 15.4. The molecule has 0 aromatic heterocycles. The van der Waals surface area contributed by atoms with Crippen LogP contribution >= 0.6 is 0 Å². The molecule has 1 saturated heterocycles. The Morgan fingerprint density at radius 1 is 1.21 bits per heavy atom. The molecule has 0 saturated carbocycles. The van der Waals surface area contributed by atoms with Crippen molar-refractivity contribution in [3.8, 4) is 6.07 Å². The van der Waals surface area contributed by atoms with Gasteiger partial charge in [0.15, 0.2) is 0 Å². The second-order valence-electron chi connectivity index (χ2n) is 6.23. The highest BCUT2D eigenvalue weighted by Gasteiger charge is 2.30. The number of cyclic esters (lactones) is 1. The normalized spacial score (nSPS) is 17.9. The van der Waals surface area contributed by atoms with E-state index in [1.54, 1.807) is 37.3 Å². The van der Waals surface area contributed by atoms with Crippen LogP contribution in [0.15, 0.2) is 71.8 Å². The predicted octanol–water partition coefficient (Wildman–Crippen LogP) is 4.12. The summed E-state index contributed by atoms with van der Waals surface area (Å²) in [6.45, 7) is 1.95. The summed E-state index contributed by atoms with van der Waals surface area (Å²) in [6, 6.07) is 18.3. The van der Waals surface area contributed by atoms with E-state index in [4.69, 9.17) is 14.7 Å². The van der Waals surface area contributed by atoms with E-state index in [1.807, 2.05) is 30.3 Å². The largest absolute Gasteiger partial charge is 0.462 e. The van der Waals surface area contributed by atoms with Crippen LogP contribution in [0.1, 0.15) is 36.1 Å². The lowest BCUT2D eigenvalue weighted by atomic mass is 10.0. The summed E-state index contributed by atoms with van der Waals surface area (Å²) in [5.41, 5.74) is 2.84. The van der Waals surface area contributed by atoms with Gasteiger partial charge >= 0.3 is 11.9 Å². The summed E-state index contributed by atoms with van der Waals surface area (Å²) >= 11 is 0. The summed E-state index contributed by atoms with van der Waals surface area (Å²) in [7, 11) is 0. The maximum absolute atomic E-state index is 12.4. The van der Waals surface area contributed by atoms with E-state index in [0.29, 0.717) is 17.6 Å². The minimum absolute atomic E-state index is 0.226. The molecule has 0 bridgehead atoms. The van der Waals surface area contributed by atoms with Gasteiger partial charge in [-0.25, -0.2) is 9.59 Å². The highest BCUT2D eigenvalue weighted by atomic mass is 16.6. The third-order valence-electron chi connectivity index (χ3n) is 4.29. The Labute approximate surface area is 163 Å². The van der Waals surface area contributed by atoms with Gasteiger partial charge in [-0.1, -0.05) is 42.5 Å². The number of carbonyl (C=O) groups is 2. The van der Waals surface area contributed by atoms with Crippen LogP contribution in [0.2, 0.25) is 0 Å². The van der Waals surface area contributed by atoms with Crippen LogP contribution < -0.4 is 0 Å². The van der Waals surface area contributed by atoms with E-state index in [-0.39, 0.29) is 18.3 Å². The number of carbonyl (C=O) groups excluding carboxylic acids is 2. The molecular formula is C23H19NO4. The second kappa shape index (κ2) is 8.83. The monoisotopic (exact) mass is 373 g/mol. The van der Waals surface area contributed by atoms with Gasteiger partial charge in [0.1, 0.15) is 6.10 Å². The first-order valence-electron chi connectivity index (χ1n) is 8.96. The fraction of sp³-hybridized carbons (Fsp3) is 0.174. The van der Waals surface area contributed by atoms with Crippen LogP contribution in [0.5, 0.6) is 0 Å². The summed E-state index contributed by atoms with van der Waals surface area (Å²) in [6.07, 6.45) is 3.18. The molecule has 5 heteroatoms. The lowest BCUT2D eigenvalue weighted by Gasteiger charge is -2.07. The molecule has 1 aliphatic rings.